The van der Waals surface area contributed by atoms with Crippen molar-refractivity contribution in [3.63, 3.8) is 0 Å². The molecule has 1 unspecified atom stereocenters. The van der Waals surface area contributed by atoms with E-state index >= 15 is 0 Å². The molecule has 0 saturated carbocycles. The van der Waals surface area contributed by atoms with E-state index in [0.29, 0.717) is 50.4 Å². The molecule has 0 fully saturated rings. The Hall–Kier alpha value is -4.98. The minimum Gasteiger partial charge on any atom is -1.00 e. The number of fused-ring (bicyclic) bond motifs is 2. The molecule has 2 aromatic carbocycles. The van der Waals surface area contributed by atoms with E-state index in [9.17, 15) is 53.1 Å². The summed E-state index contributed by atoms with van der Waals surface area (Å²) in [5.41, 5.74) is -0.332. The molecule has 0 aliphatic rings. The largest absolute Gasteiger partial charge is 2.00 e. The predicted octanol–water partition coefficient (Wildman–Crippen LogP) is 7.31. The number of rotatable bonds is 11. The molecule has 0 aliphatic heterocycles. The molecule has 0 radical (unpaired) electrons. The number of aromatic amines is 2. The smallest absolute Gasteiger partial charge is 1.00 e. The number of aryl methyl sites for hydroxylation is 2. The zero-order valence-electron chi connectivity index (χ0n) is 39.5. The summed E-state index contributed by atoms with van der Waals surface area (Å²) in [4.78, 5) is 26.1. The molecular formula is C45H40Cl3F6IMgN10O7S2. The van der Waals surface area contributed by atoms with Gasteiger partial charge in [0.1, 0.15) is 18.5 Å². The third-order valence-electron chi connectivity index (χ3n) is 9.59. The van der Waals surface area contributed by atoms with Gasteiger partial charge >= 0.3 is 35.4 Å². The van der Waals surface area contributed by atoms with Crippen molar-refractivity contribution in [2.75, 3.05) is 22.9 Å². The number of aliphatic hydroxyl groups is 1. The summed E-state index contributed by atoms with van der Waals surface area (Å²) in [5, 5.41) is 24.5. The van der Waals surface area contributed by atoms with E-state index in [2.05, 4.69) is 67.6 Å². The Labute approximate surface area is 471 Å². The number of nitrogens with zero attached hydrogens (tertiary/aromatic N) is 7. The summed E-state index contributed by atoms with van der Waals surface area (Å²) in [7, 11) is -7.80. The summed E-state index contributed by atoms with van der Waals surface area (Å²) in [6, 6.07) is 10.7. The van der Waals surface area contributed by atoms with Crippen LogP contribution < -0.4 is 21.4 Å². The molecule has 75 heavy (non-hydrogen) atoms. The van der Waals surface area contributed by atoms with Crippen LogP contribution in [-0.4, -0.2) is 105 Å². The van der Waals surface area contributed by atoms with Crippen LogP contribution in [0.15, 0.2) is 108 Å². The quantitative estimate of drug-likeness (QED) is 0.0249. The SMILES string of the molecule is COCN(c1cc(C)cnc1C=O)S(=O)(=O)c1ccc(Cl)c(C(F)(F)F)c1.C[CH-]C.Cc1cnc(C(O)c2ccnc3[nH]ncc23)c(NS(=O)(=O)c2ccc(Cl)c(C(F)(F)F)c2)c1.Ic1ccnc2[nH]ncc12.[Cl-].[Mg+2]. The number of carbonyl (C=O) groups excluding carboxylic acids is 1. The van der Waals surface area contributed by atoms with Crippen molar-refractivity contribution in [2.24, 2.45) is 0 Å². The number of aromatic nitrogens is 8. The number of hydrogen-bond donors (Lipinski definition) is 4. The van der Waals surface area contributed by atoms with Crippen LogP contribution >= 0.6 is 45.8 Å². The Bertz CT molecular complexity index is 3470. The van der Waals surface area contributed by atoms with Gasteiger partial charge in [-0.1, -0.05) is 23.2 Å². The first-order valence-corrected chi connectivity index (χ1v) is 25.3. The first kappa shape index (κ1) is 64.3. The standard InChI is InChI=1S/C20H15ClF3N5O3S.C16H14ClF3N2O4S.C6H4IN3.C3H7.ClH.Mg/c1-10-6-16(29-33(31,32)11-2-3-15(21)14(7-11)20(22,23)24)17(26-8-10)18(30)12-4-5-25-19-13(12)9-27-28-19;1-10-5-15(14(8-23)21-7-10)22(9-26-2)27(24,25)11-3-4-13(17)12(6-11)16(18,19)20;7-5-1-2-8-6-4(5)3-9-10-6;1-3-2;;/h2-9,18,29-30H,1H3,(H,25,27,28);3-8H,9H2,1-2H3;1-3H,(H,8,9,10);3H,1-2H3;1H;/q;;;-1;;+2/p-1. The zero-order valence-corrected chi connectivity index (χ0v) is 47.0. The van der Waals surface area contributed by atoms with Gasteiger partial charge in [-0.3, -0.25) is 29.7 Å². The summed E-state index contributed by atoms with van der Waals surface area (Å²) >= 11 is 13.4. The number of methoxy groups -OCH3 is 1. The summed E-state index contributed by atoms with van der Waals surface area (Å²) < 4.78 is 140. The van der Waals surface area contributed by atoms with Gasteiger partial charge in [-0.05, 0) is 108 Å². The van der Waals surface area contributed by atoms with Gasteiger partial charge in [-0.15, -0.1) is 0 Å². The van der Waals surface area contributed by atoms with Crippen LogP contribution in [0.4, 0.5) is 37.7 Å². The van der Waals surface area contributed by atoms with Gasteiger partial charge in [0.15, 0.2) is 17.6 Å². The number of carbonyl (C=O) groups is 1. The number of aliphatic hydroxyl groups excluding tert-OH is 1. The average Bonchev–Trinajstić information content (AvgIpc) is 4.02. The number of anilines is 2. The summed E-state index contributed by atoms with van der Waals surface area (Å²) in [6.07, 6.45) is 0.488. The topological polar surface area (TPSA) is 239 Å². The number of alkyl halides is 6. The Morgan fingerprint density at radius 3 is 1.84 bits per heavy atom. The minimum absolute atomic E-state index is 0. The number of benzene rings is 2. The van der Waals surface area contributed by atoms with Crippen LogP contribution in [0.25, 0.3) is 22.1 Å². The van der Waals surface area contributed by atoms with Crippen LogP contribution in [0.2, 0.25) is 10.0 Å². The molecule has 6 heterocycles. The van der Waals surface area contributed by atoms with Crippen molar-refractivity contribution < 1.29 is 70.2 Å². The number of hydrogen-bond acceptors (Lipinski definition) is 13. The molecule has 8 rings (SSSR count). The fourth-order valence-electron chi connectivity index (χ4n) is 6.30. The van der Waals surface area contributed by atoms with E-state index < -0.39 is 76.2 Å². The van der Waals surface area contributed by atoms with Crippen LogP contribution in [0, 0.1) is 23.8 Å². The average molecular weight is 1270 g/mol. The van der Waals surface area contributed by atoms with Crippen molar-refractivity contribution in [3.05, 3.63) is 157 Å². The molecule has 0 bridgehead atoms. The molecule has 0 spiro atoms. The van der Waals surface area contributed by atoms with Crippen LogP contribution in [0.3, 0.4) is 0 Å². The molecule has 0 saturated heterocycles. The van der Waals surface area contributed by atoms with Gasteiger partial charge in [0.05, 0.1) is 65.8 Å². The monoisotopic (exact) mass is 1270 g/mol. The summed E-state index contributed by atoms with van der Waals surface area (Å²) in [5.74, 6) is 0. The maximum atomic E-state index is 13.2. The zero-order chi connectivity index (χ0) is 54.1. The Balaban J connectivity index is 0.000000315. The first-order chi connectivity index (χ1) is 34.3. The second-order valence-corrected chi connectivity index (χ2v) is 20.6. The maximum absolute atomic E-state index is 13.2. The van der Waals surface area contributed by atoms with Gasteiger partial charge in [-0.25, -0.2) is 31.1 Å². The Kier molecular flexibility index (Phi) is 23.5. The van der Waals surface area contributed by atoms with Gasteiger partial charge in [0.2, 0.25) is 0 Å². The third kappa shape index (κ3) is 16.0. The normalized spacial score (nSPS) is 11.8. The molecule has 1 atom stereocenters. The second kappa shape index (κ2) is 27.4. The van der Waals surface area contributed by atoms with Crippen molar-refractivity contribution in [3.8, 4) is 0 Å². The number of halogens is 10. The number of sulfonamides is 2. The number of pyridine rings is 4. The Morgan fingerprint density at radius 2 is 1.29 bits per heavy atom. The van der Waals surface area contributed by atoms with E-state index in [1.807, 2.05) is 26.3 Å². The molecule has 396 valence electrons. The molecule has 6 aromatic heterocycles. The van der Waals surface area contributed by atoms with Crippen molar-refractivity contribution in [1.82, 2.24) is 40.3 Å². The van der Waals surface area contributed by atoms with Gasteiger partial charge in [0.25, 0.3) is 20.0 Å². The molecule has 8 aromatic rings. The van der Waals surface area contributed by atoms with Gasteiger partial charge in [0, 0.05) is 46.4 Å². The molecule has 30 heteroatoms. The summed E-state index contributed by atoms with van der Waals surface area (Å²) in [6.45, 7) is 6.72. The van der Waals surface area contributed by atoms with E-state index in [1.165, 1.54) is 53.7 Å². The predicted molar refractivity (Wildman–Crippen MR) is 275 cm³/mol. The second-order valence-electron chi connectivity index (χ2n) is 15.1. The molecule has 4 N–H and O–H groups in total. The number of nitrogens with one attached hydrogen (secondary N) is 3. The van der Waals surface area contributed by atoms with Gasteiger partial charge in [-0.2, -0.15) is 50.4 Å². The van der Waals surface area contributed by atoms with E-state index in [0.717, 1.165) is 35.3 Å². The van der Waals surface area contributed by atoms with Gasteiger partial charge < -0.3 is 28.7 Å². The van der Waals surface area contributed by atoms with Crippen LogP contribution in [-0.2, 0) is 37.1 Å². The third-order valence-corrected chi connectivity index (χ3v) is 14.3. The molecule has 17 nitrogen and oxygen atoms in total. The van der Waals surface area contributed by atoms with Crippen LogP contribution in [0.1, 0.15) is 64.0 Å². The van der Waals surface area contributed by atoms with E-state index in [-0.39, 0.29) is 58.2 Å². The van der Waals surface area contributed by atoms with E-state index in [4.69, 9.17) is 27.9 Å². The van der Waals surface area contributed by atoms with Crippen LogP contribution in [0.5, 0.6) is 0 Å². The van der Waals surface area contributed by atoms with E-state index in [1.54, 1.807) is 26.2 Å². The first-order valence-electron chi connectivity index (χ1n) is 20.6. The fourth-order valence-corrected chi connectivity index (χ4v) is 9.80. The molecule has 0 aliphatic carbocycles. The molecule has 0 amide bonds. The minimum atomic E-state index is -4.84. The van der Waals surface area contributed by atoms with Crippen molar-refractivity contribution in [1.29, 1.82) is 0 Å². The Morgan fingerprint density at radius 1 is 0.787 bits per heavy atom. The number of aldehydes is 1. The maximum Gasteiger partial charge on any atom is 2.00 e. The molecular weight excluding hydrogens is 1230 g/mol. The van der Waals surface area contributed by atoms with Crippen molar-refractivity contribution >= 4 is 129 Å². The fraction of sp³-hybridized carbons (Fsp3) is 0.200. The van der Waals surface area contributed by atoms with Crippen molar-refractivity contribution in [2.45, 2.75) is 55.9 Å². The number of H-pyrrole nitrogens is 2. The number of ether oxygens (including phenoxy) is 1.